The van der Waals surface area contributed by atoms with Gasteiger partial charge in [-0.3, -0.25) is 0 Å². The number of fused-ring (bicyclic) bond motifs is 2. The molecule has 0 fully saturated rings. The first-order valence-corrected chi connectivity index (χ1v) is 16.0. The van der Waals surface area contributed by atoms with E-state index in [1.165, 1.54) is 37.3 Å². The molecule has 2 heterocycles. The van der Waals surface area contributed by atoms with E-state index in [1.54, 1.807) is 26.0 Å². The average Bonchev–Trinajstić information content (AvgIpc) is 3.58. The third-order valence-corrected chi connectivity index (χ3v) is 9.67. The minimum atomic E-state index is 0.220. The van der Waals surface area contributed by atoms with Crippen LogP contribution in [0, 0.1) is 0 Å². The summed E-state index contributed by atoms with van der Waals surface area (Å²) in [5.41, 5.74) is 4.95. The van der Waals surface area contributed by atoms with Crippen LogP contribution in [0.2, 0.25) is 0 Å². The lowest BCUT2D eigenvalue weighted by Gasteiger charge is -2.24. The minimum Gasteiger partial charge on any atom is -0.497 e. The summed E-state index contributed by atoms with van der Waals surface area (Å²) in [5.74, 6) is 1.77. The summed E-state index contributed by atoms with van der Waals surface area (Å²) in [6.07, 6.45) is 15.0. The average molecular weight is 603 g/mol. The van der Waals surface area contributed by atoms with Crippen molar-refractivity contribution in [3.63, 3.8) is 0 Å². The van der Waals surface area contributed by atoms with Gasteiger partial charge in [0.05, 0.1) is 36.0 Å². The van der Waals surface area contributed by atoms with Crippen molar-refractivity contribution in [2.75, 3.05) is 24.0 Å². The molecule has 4 aromatic carbocycles. The van der Waals surface area contributed by atoms with E-state index >= 15 is 0 Å². The predicted octanol–water partition coefficient (Wildman–Crippen LogP) is 9.46. The molecule has 0 aromatic heterocycles. The van der Waals surface area contributed by atoms with E-state index in [0.29, 0.717) is 0 Å². The predicted molar refractivity (Wildman–Crippen MR) is 182 cm³/mol. The van der Waals surface area contributed by atoms with E-state index in [9.17, 15) is 0 Å². The highest BCUT2D eigenvalue weighted by Gasteiger charge is 2.28. The molecule has 1 atom stereocenters. The van der Waals surface area contributed by atoms with Gasteiger partial charge < -0.3 is 19.3 Å². The Morgan fingerprint density at radius 2 is 1.28 bits per heavy atom. The smallest absolute Gasteiger partial charge is 0.119 e. The fourth-order valence-corrected chi connectivity index (χ4v) is 7.48. The molecule has 2 aliphatic rings. The van der Waals surface area contributed by atoms with Gasteiger partial charge in [0.1, 0.15) is 11.5 Å². The second-order valence-electron chi connectivity index (χ2n) is 10.1. The van der Waals surface area contributed by atoms with Crippen molar-refractivity contribution >= 4 is 34.9 Å². The Morgan fingerprint density at radius 1 is 0.651 bits per heavy atom. The van der Waals surface area contributed by atoms with Crippen molar-refractivity contribution in [1.82, 2.24) is 0 Å². The third kappa shape index (κ3) is 6.87. The molecule has 4 aromatic rings. The molecule has 0 N–H and O–H groups in total. The highest BCUT2D eigenvalue weighted by Crippen LogP contribution is 2.47. The summed E-state index contributed by atoms with van der Waals surface area (Å²) < 4.78 is 10.9. The summed E-state index contributed by atoms with van der Waals surface area (Å²) in [5, 5.41) is 1.43. The summed E-state index contributed by atoms with van der Waals surface area (Å²) in [7, 11) is 3.43. The second-order valence-corrected chi connectivity index (χ2v) is 12.3. The lowest BCUT2D eigenvalue weighted by molar-refractivity contribution is 0.414. The molecule has 2 aliphatic heterocycles. The van der Waals surface area contributed by atoms with E-state index in [-0.39, 0.29) is 5.37 Å². The SMILES string of the molecule is COc1cccc(CN2C(=CC=CC=CC=CC3Sc4ccccc4N3Cc3cccc(OC)c3)Sc3ccccc32)c1. The van der Waals surface area contributed by atoms with Crippen LogP contribution in [-0.2, 0) is 13.1 Å². The van der Waals surface area contributed by atoms with Crippen molar-refractivity contribution in [2.24, 2.45) is 0 Å². The Hall–Kier alpha value is -4.26. The summed E-state index contributed by atoms with van der Waals surface area (Å²) in [6.45, 7) is 1.60. The van der Waals surface area contributed by atoms with E-state index in [0.717, 1.165) is 24.6 Å². The van der Waals surface area contributed by atoms with Crippen LogP contribution < -0.4 is 19.3 Å². The van der Waals surface area contributed by atoms with Gasteiger partial charge in [0, 0.05) is 22.9 Å². The molecule has 4 nitrogen and oxygen atoms in total. The first-order chi connectivity index (χ1) is 21.2. The number of anilines is 2. The van der Waals surface area contributed by atoms with E-state index in [2.05, 4.69) is 131 Å². The summed E-state index contributed by atoms with van der Waals surface area (Å²) >= 11 is 3.69. The van der Waals surface area contributed by atoms with Gasteiger partial charge in [-0.1, -0.05) is 109 Å². The topological polar surface area (TPSA) is 24.9 Å². The number of nitrogens with zero attached hydrogens (tertiary/aromatic N) is 2. The van der Waals surface area contributed by atoms with Crippen LogP contribution in [0.5, 0.6) is 11.5 Å². The number of hydrogen-bond acceptors (Lipinski definition) is 6. The van der Waals surface area contributed by atoms with Crippen molar-refractivity contribution < 1.29 is 9.47 Å². The van der Waals surface area contributed by atoms with Gasteiger partial charge in [-0.25, -0.2) is 0 Å². The quantitative estimate of drug-likeness (QED) is 0.168. The van der Waals surface area contributed by atoms with Gasteiger partial charge in [-0.2, -0.15) is 0 Å². The molecule has 0 amide bonds. The van der Waals surface area contributed by atoms with Crippen LogP contribution in [-0.4, -0.2) is 19.6 Å². The van der Waals surface area contributed by atoms with Gasteiger partial charge in [0.15, 0.2) is 0 Å². The number of ether oxygens (including phenoxy) is 2. The van der Waals surface area contributed by atoms with E-state index in [4.69, 9.17) is 9.47 Å². The maximum absolute atomic E-state index is 5.45. The highest BCUT2D eigenvalue weighted by atomic mass is 32.2. The largest absolute Gasteiger partial charge is 0.497 e. The second kappa shape index (κ2) is 13.8. The maximum Gasteiger partial charge on any atom is 0.119 e. The van der Waals surface area contributed by atoms with Crippen LogP contribution in [0.3, 0.4) is 0 Å². The van der Waals surface area contributed by atoms with Gasteiger partial charge in [0.2, 0.25) is 0 Å². The molecule has 0 saturated heterocycles. The fourth-order valence-electron chi connectivity index (χ4n) is 5.19. The Balaban J connectivity index is 1.12. The number of para-hydroxylation sites is 2. The Morgan fingerprint density at radius 3 is 2.02 bits per heavy atom. The van der Waals surface area contributed by atoms with Crippen LogP contribution in [0.15, 0.2) is 154 Å². The number of benzene rings is 4. The van der Waals surface area contributed by atoms with Crippen molar-refractivity contribution in [1.29, 1.82) is 0 Å². The highest BCUT2D eigenvalue weighted by molar-refractivity contribution is 8.03. The van der Waals surface area contributed by atoms with Gasteiger partial charge in [-0.05, 0) is 65.7 Å². The molecule has 216 valence electrons. The maximum atomic E-state index is 5.45. The van der Waals surface area contributed by atoms with E-state index < -0.39 is 0 Å². The Bertz CT molecular complexity index is 1690. The fraction of sp³-hybridized carbons (Fsp3) is 0.135. The molecule has 0 spiro atoms. The van der Waals surface area contributed by atoms with Crippen LogP contribution in [0.4, 0.5) is 11.4 Å². The minimum absolute atomic E-state index is 0.220. The molecule has 0 bridgehead atoms. The van der Waals surface area contributed by atoms with Crippen molar-refractivity contribution in [3.8, 4) is 11.5 Å². The van der Waals surface area contributed by atoms with Crippen LogP contribution in [0.25, 0.3) is 0 Å². The van der Waals surface area contributed by atoms with Gasteiger partial charge in [-0.15, -0.1) is 0 Å². The van der Waals surface area contributed by atoms with Crippen molar-refractivity contribution in [3.05, 3.63) is 156 Å². The molecule has 43 heavy (non-hydrogen) atoms. The van der Waals surface area contributed by atoms with Crippen LogP contribution in [0.1, 0.15) is 11.1 Å². The molecular formula is C37H34N2O2S2. The Labute approximate surface area is 263 Å². The molecule has 6 heteroatoms. The zero-order valence-corrected chi connectivity index (χ0v) is 25.9. The monoisotopic (exact) mass is 602 g/mol. The van der Waals surface area contributed by atoms with Gasteiger partial charge >= 0.3 is 0 Å². The van der Waals surface area contributed by atoms with Crippen molar-refractivity contribution in [2.45, 2.75) is 28.3 Å². The molecule has 0 radical (unpaired) electrons. The van der Waals surface area contributed by atoms with Crippen LogP contribution >= 0.6 is 23.5 Å². The zero-order chi connectivity index (χ0) is 29.4. The number of hydrogen-bond donors (Lipinski definition) is 0. The number of allylic oxidation sites excluding steroid dienone is 6. The first kappa shape index (κ1) is 28.8. The molecular weight excluding hydrogens is 569 g/mol. The molecule has 0 aliphatic carbocycles. The third-order valence-electron chi connectivity index (χ3n) is 7.29. The molecule has 0 saturated carbocycles. The lowest BCUT2D eigenvalue weighted by Crippen LogP contribution is -2.27. The molecule has 6 rings (SSSR count). The number of methoxy groups -OCH3 is 2. The molecule has 1 unspecified atom stereocenters. The Kier molecular flexibility index (Phi) is 9.26. The standard InChI is InChI=1S/C37H34N2O2S2/c1-40-30-16-12-14-28(24-30)26-38-32-18-8-10-20-34(32)42-36(38)22-6-4-3-5-7-23-37-39(33-19-9-11-21-35(33)43-37)27-29-15-13-17-31(25-29)41-2/h3-25,36H,26-27H2,1-2H3. The number of rotatable bonds is 10. The number of thioether (sulfide) groups is 2. The summed E-state index contributed by atoms with van der Waals surface area (Å²) in [6, 6.07) is 33.8. The normalized spacial score (nSPS) is 17.0. The summed E-state index contributed by atoms with van der Waals surface area (Å²) in [4.78, 5) is 7.40. The van der Waals surface area contributed by atoms with E-state index in [1.807, 2.05) is 30.0 Å². The first-order valence-electron chi connectivity index (χ1n) is 14.3. The van der Waals surface area contributed by atoms with Gasteiger partial charge in [0.25, 0.3) is 0 Å². The zero-order valence-electron chi connectivity index (χ0n) is 24.3. The lowest BCUT2D eigenvalue weighted by atomic mass is 10.2.